The van der Waals surface area contributed by atoms with E-state index in [1.54, 1.807) is 12.4 Å². The zero-order chi connectivity index (χ0) is 11.4. The second kappa shape index (κ2) is 5.23. The van der Waals surface area contributed by atoms with Gasteiger partial charge < -0.3 is 5.11 Å². The molecule has 2 nitrogen and oxygen atoms in total. The second-order valence-electron chi connectivity index (χ2n) is 3.60. The maximum atomic E-state index is 10.1. The zero-order valence-electron chi connectivity index (χ0n) is 8.68. The third-order valence-corrected chi connectivity index (χ3v) is 3.16. The van der Waals surface area contributed by atoms with E-state index in [4.69, 9.17) is 0 Å². The molecule has 1 N–H and O–H groups in total. The highest BCUT2D eigenvalue weighted by atomic mass is 79.9. The second-order valence-corrected chi connectivity index (χ2v) is 4.45. The van der Waals surface area contributed by atoms with Gasteiger partial charge in [0.2, 0.25) is 0 Å². The molecule has 3 heteroatoms. The van der Waals surface area contributed by atoms with E-state index >= 15 is 0 Å². The first-order valence-electron chi connectivity index (χ1n) is 5.09. The number of pyridine rings is 1. The lowest BCUT2D eigenvalue weighted by Gasteiger charge is -2.12. The molecule has 1 heterocycles. The van der Waals surface area contributed by atoms with Crippen LogP contribution in [0.5, 0.6) is 0 Å². The minimum absolute atomic E-state index is 0.488. The summed E-state index contributed by atoms with van der Waals surface area (Å²) in [6.45, 7) is 0. The summed E-state index contributed by atoms with van der Waals surface area (Å²) >= 11 is 3.44. The van der Waals surface area contributed by atoms with Crippen LogP contribution >= 0.6 is 15.9 Å². The lowest BCUT2D eigenvalue weighted by molar-refractivity contribution is 0.177. The lowest BCUT2D eigenvalue weighted by atomic mass is 10.0. The summed E-state index contributed by atoms with van der Waals surface area (Å²) in [5, 5.41) is 10.1. The largest absolute Gasteiger partial charge is 0.388 e. The van der Waals surface area contributed by atoms with Crippen molar-refractivity contribution < 1.29 is 5.11 Å². The molecule has 0 bridgehead atoms. The summed E-state index contributed by atoms with van der Waals surface area (Å²) in [5.74, 6) is 0. The number of rotatable bonds is 3. The van der Waals surface area contributed by atoms with Gasteiger partial charge in [-0.1, -0.05) is 34.1 Å². The fourth-order valence-electron chi connectivity index (χ4n) is 1.60. The number of halogens is 1. The summed E-state index contributed by atoms with van der Waals surface area (Å²) in [4.78, 5) is 3.95. The van der Waals surface area contributed by atoms with Crippen molar-refractivity contribution in [2.75, 3.05) is 0 Å². The molecule has 16 heavy (non-hydrogen) atoms. The van der Waals surface area contributed by atoms with Gasteiger partial charge in [-0.15, -0.1) is 0 Å². The highest BCUT2D eigenvalue weighted by Gasteiger charge is 2.10. The van der Waals surface area contributed by atoms with Crippen molar-refractivity contribution in [3.05, 3.63) is 64.4 Å². The van der Waals surface area contributed by atoms with Gasteiger partial charge in [0.05, 0.1) is 6.10 Å². The Bertz CT molecular complexity index is 458. The average molecular weight is 278 g/mol. The molecule has 0 aliphatic carbocycles. The highest BCUT2D eigenvalue weighted by molar-refractivity contribution is 9.10. The van der Waals surface area contributed by atoms with Crippen molar-refractivity contribution in [3.63, 3.8) is 0 Å². The van der Waals surface area contributed by atoms with Crippen molar-refractivity contribution in [1.82, 2.24) is 4.98 Å². The van der Waals surface area contributed by atoms with Crippen LogP contribution in [0.25, 0.3) is 0 Å². The predicted octanol–water partition coefficient (Wildman–Crippen LogP) is 3.12. The van der Waals surface area contributed by atoms with Crippen LogP contribution in [0.3, 0.4) is 0 Å². The van der Waals surface area contributed by atoms with Gasteiger partial charge in [-0.3, -0.25) is 4.98 Å². The third-order valence-electron chi connectivity index (χ3n) is 2.44. The van der Waals surface area contributed by atoms with E-state index in [0.29, 0.717) is 6.42 Å². The van der Waals surface area contributed by atoms with E-state index in [0.717, 1.165) is 15.6 Å². The first kappa shape index (κ1) is 11.3. The molecule has 1 aromatic heterocycles. The Balaban J connectivity index is 2.15. The molecule has 0 spiro atoms. The highest BCUT2D eigenvalue weighted by Crippen LogP contribution is 2.25. The number of hydrogen-bond acceptors (Lipinski definition) is 2. The maximum Gasteiger partial charge on any atom is 0.0841 e. The number of aromatic nitrogens is 1. The Kier molecular flexibility index (Phi) is 3.70. The quantitative estimate of drug-likeness (QED) is 0.935. The first-order chi connectivity index (χ1) is 7.77. The number of benzene rings is 1. The SMILES string of the molecule is OC(Cc1ccncc1)c1ccccc1Br. The monoisotopic (exact) mass is 277 g/mol. The molecular weight excluding hydrogens is 266 g/mol. The Hall–Kier alpha value is -1.19. The number of aliphatic hydroxyl groups is 1. The van der Waals surface area contributed by atoms with Gasteiger partial charge in [-0.2, -0.15) is 0 Å². The van der Waals surface area contributed by atoms with Crippen LogP contribution in [0.2, 0.25) is 0 Å². The zero-order valence-corrected chi connectivity index (χ0v) is 10.3. The van der Waals surface area contributed by atoms with Gasteiger partial charge in [-0.25, -0.2) is 0 Å². The molecule has 1 atom stereocenters. The smallest absolute Gasteiger partial charge is 0.0841 e. The summed E-state index contributed by atoms with van der Waals surface area (Å²) < 4.78 is 0.941. The van der Waals surface area contributed by atoms with Crippen LogP contribution in [-0.4, -0.2) is 10.1 Å². The van der Waals surface area contributed by atoms with Crippen molar-refractivity contribution in [1.29, 1.82) is 0 Å². The molecule has 0 saturated carbocycles. The Labute approximate surface area is 103 Å². The van der Waals surface area contributed by atoms with Gasteiger partial charge in [-0.05, 0) is 29.3 Å². The first-order valence-corrected chi connectivity index (χ1v) is 5.88. The lowest BCUT2D eigenvalue weighted by Crippen LogP contribution is -2.02. The van der Waals surface area contributed by atoms with E-state index in [9.17, 15) is 5.11 Å². The minimum atomic E-state index is -0.488. The van der Waals surface area contributed by atoms with Crippen LogP contribution in [0.1, 0.15) is 17.2 Å². The van der Waals surface area contributed by atoms with Gasteiger partial charge in [0.15, 0.2) is 0 Å². The van der Waals surface area contributed by atoms with Crippen LogP contribution in [-0.2, 0) is 6.42 Å². The number of aliphatic hydroxyl groups excluding tert-OH is 1. The van der Waals surface area contributed by atoms with E-state index < -0.39 is 6.10 Å². The fraction of sp³-hybridized carbons (Fsp3) is 0.154. The van der Waals surface area contributed by atoms with Gasteiger partial charge in [0.1, 0.15) is 0 Å². The molecule has 0 radical (unpaired) electrons. The normalized spacial score (nSPS) is 12.4. The third kappa shape index (κ3) is 2.68. The van der Waals surface area contributed by atoms with Crippen LogP contribution in [0, 0.1) is 0 Å². The summed E-state index contributed by atoms with van der Waals surface area (Å²) in [5.41, 5.74) is 2.00. The molecule has 0 aliphatic rings. The van der Waals surface area contributed by atoms with Gasteiger partial charge in [0.25, 0.3) is 0 Å². The van der Waals surface area contributed by atoms with E-state index in [2.05, 4.69) is 20.9 Å². The molecule has 0 amide bonds. The predicted molar refractivity (Wildman–Crippen MR) is 67.0 cm³/mol. The average Bonchev–Trinajstić information content (AvgIpc) is 2.31. The maximum absolute atomic E-state index is 10.1. The molecule has 1 unspecified atom stereocenters. The minimum Gasteiger partial charge on any atom is -0.388 e. The van der Waals surface area contributed by atoms with Crippen LogP contribution in [0.15, 0.2) is 53.3 Å². The molecule has 2 aromatic rings. The van der Waals surface area contributed by atoms with E-state index in [1.165, 1.54) is 0 Å². The fourth-order valence-corrected chi connectivity index (χ4v) is 2.15. The van der Waals surface area contributed by atoms with Crippen molar-refractivity contribution >= 4 is 15.9 Å². The number of hydrogen-bond donors (Lipinski definition) is 1. The van der Waals surface area contributed by atoms with Gasteiger partial charge >= 0.3 is 0 Å². The van der Waals surface area contributed by atoms with E-state index in [-0.39, 0.29) is 0 Å². The Morgan fingerprint density at radius 2 is 1.81 bits per heavy atom. The van der Waals surface area contributed by atoms with Crippen molar-refractivity contribution in [2.24, 2.45) is 0 Å². The van der Waals surface area contributed by atoms with Crippen molar-refractivity contribution in [3.8, 4) is 0 Å². The summed E-state index contributed by atoms with van der Waals surface area (Å²) in [6, 6.07) is 11.6. The topological polar surface area (TPSA) is 33.1 Å². The van der Waals surface area contributed by atoms with Crippen LogP contribution < -0.4 is 0 Å². The molecule has 2 rings (SSSR count). The molecular formula is C13H12BrNO. The molecule has 0 saturated heterocycles. The van der Waals surface area contributed by atoms with E-state index in [1.807, 2.05) is 36.4 Å². The Morgan fingerprint density at radius 1 is 1.12 bits per heavy atom. The van der Waals surface area contributed by atoms with Gasteiger partial charge in [0, 0.05) is 23.3 Å². The number of nitrogens with zero attached hydrogens (tertiary/aromatic N) is 1. The van der Waals surface area contributed by atoms with Crippen molar-refractivity contribution in [2.45, 2.75) is 12.5 Å². The Morgan fingerprint density at radius 3 is 2.50 bits per heavy atom. The molecule has 0 aliphatic heterocycles. The molecule has 82 valence electrons. The molecule has 0 fully saturated rings. The summed E-state index contributed by atoms with van der Waals surface area (Å²) in [7, 11) is 0. The molecule has 1 aromatic carbocycles. The van der Waals surface area contributed by atoms with Crippen LogP contribution in [0.4, 0.5) is 0 Å². The standard InChI is InChI=1S/C13H12BrNO/c14-12-4-2-1-3-11(12)13(16)9-10-5-7-15-8-6-10/h1-8,13,16H,9H2. The summed E-state index contributed by atoms with van der Waals surface area (Å²) in [6.07, 6.45) is 3.59.